The molecule has 4 heteroatoms. The van der Waals surface area contributed by atoms with Gasteiger partial charge in [0.1, 0.15) is 5.75 Å². The topological polar surface area (TPSA) is 47.3 Å². The zero-order chi connectivity index (χ0) is 13.0. The van der Waals surface area contributed by atoms with Crippen molar-refractivity contribution < 1.29 is 4.74 Å². The quantitative estimate of drug-likeness (QED) is 0.833. The van der Waals surface area contributed by atoms with Crippen LogP contribution in [-0.4, -0.2) is 6.61 Å². The number of halogens is 1. The maximum Gasteiger partial charge on any atom is 0.144 e. The lowest BCUT2D eigenvalue weighted by Crippen LogP contribution is -2.01. The Morgan fingerprint density at radius 3 is 2.72 bits per heavy atom. The van der Waals surface area contributed by atoms with Crippen LogP contribution in [0.4, 0.5) is 17.1 Å². The Bertz CT molecular complexity index is 543. The summed E-state index contributed by atoms with van der Waals surface area (Å²) in [6.07, 6.45) is 0. The highest BCUT2D eigenvalue weighted by molar-refractivity contribution is 9.10. The van der Waals surface area contributed by atoms with Crippen LogP contribution in [-0.2, 0) is 0 Å². The molecule has 3 nitrogen and oxygen atoms in total. The van der Waals surface area contributed by atoms with Crippen molar-refractivity contribution in [3.8, 4) is 5.75 Å². The van der Waals surface area contributed by atoms with E-state index in [-0.39, 0.29) is 0 Å². The van der Waals surface area contributed by atoms with E-state index >= 15 is 0 Å². The van der Waals surface area contributed by atoms with Crippen LogP contribution in [0.2, 0.25) is 0 Å². The van der Waals surface area contributed by atoms with Crippen LogP contribution in [0.5, 0.6) is 5.75 Å². The van der Waals surface area contributed by atoms with E-state index in [0.29, 0.717) is 18.0 Å². The number of nitrogens with two attached hydrogens (primary N) is 1. The number of nitrogens with one attached hydrogen (secondary N) is 1. The molecule has 0 atom stereocenters. The number of ether oxygens (including phenoxy) is 1. The van der Waals surface area contributed by atoms with Crippen LogP contribution in [0.15, 0.2) is 46.9 Å². The summed E-state index contributed by atoms with van der Waals surface area (Å²) in [5.74, 6) is 0.706. The van der Waals surface area contributed by atoms with E-state index in [2.05, 4.69) is 21.2 Å². The fourth-order valence-electron chi connectivity index (χ4n) is 1.66. The van der Waals surface area contributed by atoms with Gasteiger partial charge in [0.15, 0.2) is 0 Å². The predicted molar refractivity (Wildman–Crippen MR) is 79.4 cm³/mol. The maximum atomic E-state index is 6.06. The average Bonchev–Trinajstić information content (AvgIpc) is 2.35. The summed E-state index contributed by atoms with van der Waals surface area (Å²) in [5.41, 5.74) is 8.50. The van der Waals surface area contributed by atoms with Gasteiger partial charge in [0, 0.05) is 10.2 Å². The van der Waals surface area contributed by atoms with Crippen molar-refractivity contribution in [3.63, 3.8) is 0 Å². The van der Waals surface area contributed by atoms with Crippen molar-refractivity contribution in [1.82, 2.24) is 0 Å². The third-order valence-corrected chi connectivity index (χ3v) is 2.96. The summed E-state index contributed by atoms with van der Waals surface area (Å²) in [6.45, 7) is 2.54. The number of rotatable bonds is 4. The highest BCUT2D eigenvalue weighted by atomic mass is 79.9. The number of hydrogen-bond donors (Lipinski definition) is 2. The Labute approximate surface area is 115 Å². The molecule has 2 aromatic carbocycles. The molecule has 0 heterocycles. The molecule has 0 unspecified atom stereocenters. The van der Waals surface area contributed by atoms with E-state index in [9.17, 15) is 0 Å². The standard InChI is InChI=1S/C14H15BrN2O/c1-2-18-13-8-4-7-12(14(13)16)17-11-6-3-5-10(15)9-11/h3-9,17H,2,16H2,1H3. The fourth-order valence-corrected chi connectivity index (χ4v) is 2.06. The van der Waals surface area contributed by atoms with Crippen molar-refractivity contribution in [3.05, 3.63) is 46.9 Å². The first kappa shape index (κ1) is 12.8. The molecule has 0 saturated heterocycles. The summed E-state index contributed by atoms with van der Waals surface area (Å²) < 4.78 is 6.48. The zero-order valence-electron chi connectivity index (χ0n) is 10.1. The highest BCUT2D eigenvalue weighted by Crippen LogP contribution is 2.32. The molecule has 0 aliphatic heterocycles. The minimum atomic E-state index is 0.602. The minimum Gasteiger partial charge on any atom is -0.492 e. The predicted octanol–water partition coefficient (Wildman–Crippen LogP) is 4.17. The largest absolute Gasteiger partial charge is 0.492 e. The summed E-state index contributed by atoms with van der Waals surface area (Å²) in [6, 6.07) is 13.6. The second-order valence-corrected chi connectivity index (χ2v) is 4.70. The molecule has 94 valence electrons. The van der Waals surface area contributed by atoms with Gasteiger partial charge in [0.05, 0.1) is 18.0 Å². The summed E-state index contributed by atoms with van der Waals surface area (Å²) in [4.78, 5) is 0. The Kier molecular flexibility index (Phi) is 4.10. The molecule has 2 rings (SSSR count). The molecular formula is C14H15BrN2O. The van der Waals surface area contributed by atoms with E-state index in [4.69, 9.17) is 10.5 Å². The maximum absolute atomic E-state index is 6.06. The van der Waals surface area contributed by atoms with E-state index < -0.39 is 0 Å². The highest BCUT2D eigenvalue weighted by Gasteiger charge is 2.05. The molecule has 0 amide bonds. The fraction of sp³-hybridized carbons (Fsp3) is 0.143. The lowest BCUT2D eigenvalue weighted by atomic mass is 10.2. The van der Waals surface area contributed by atoms with E-state index in [1.165, 1.54) is 0 Å². The van der Waals surface area contributed by atoms with Crippen molar-refractivity contribution in [2.75, 3.05) is 17.7 Å². The molecule has 0 spiro atoms. The van der Waals surface area contributed by atoms with E-state index in [1.54, 1.807) is 0 Å². The first-order valence-corrected chi connectivity index (χ1v) is 6.54. The van der Waals surface area contributed by atoms with Crippen LogP contribution in [0.25, 0.3) is 0 Å². The monoisotopic (exact) mass is 306 g/mol. The number of anilines is 3. The summed E-state index contributed by atoms with van der Waals surface area (Å²) in [7, 11) is 0. The molecule has 2 aromatic rings. The van der Waals surface area contributed by atoms with E-state index in [0.717, 1.165) is 15.8 Å². The third kappa shape index (κ3) is 2.96. The van der Waals surface area contributed by atoms with E-state index in [1.807, 2.05) is 49.4 Å². The van der Waals surface area contributed by atoms with Gasteiger partial charge in [-0.05, 0) is 37.3 Å². The first-order valence-electron chi connectivity index (χ1n) is 5.74. The number of hydrogen-bond acceptors (Lipinski definition) is 3. The van der Waals surface area contributed by atoms with Gasteiger partial charge in [-0.15, -0.1) is 0 Å². The van der Waals surface area contributed by atoms with Gasteiger partial charge >= 0.3 is 0 Å². The Morgan fingerprint density at radius 1 is 1.22 bits per heavy atom. The minimum absolute atomic E-state index is 0.602. The second-order valence-electron chi connectivity index (χ2n) is 3.79. The summed E-state index contributed by atoms with van der Waals surface area (Å²) in [5, 5.41) is 3.28. The molecule has 0 aliphatic carbocycles. The molecule has 0 saturated carbocycles. The van der Waals surface area contributed by atoms with Crippen molar-refractivity contribution in [1.29, 1.82) is 0 Å². The molecule has 3 N–H and O–H groups in total. The summed E-state index contributed by atoms with van der Waals surface area (Å²) >= 11 is 3.44. The number of para-hydroxylation sites is 1. The molecule has 0 bridgehead atoms. The van der Waals surface area contributed by atoms with Gasteiger partial charge < -0.3 is 15.8 Å². The van der Waals surface area contributed by atoms with Crippen LogP contribution in [0.3, 0.4) is 0 Å². The van der Waals surface area contributed by atoms with Crippen molar-refractivity contribution in [2.24, 2.45) is 0 Å². The lowest BCUT2D eigenvalue weighted by molar-refractivity contribution is 0.342. The normalized spacial score (nSPS) is 10.1. The van der Waals surface area contributed by atoms with Gasteiger partial charge in [-0.2, -0.15) is 0 Å². The van der Waals surface area contributed by atoms with Gasteiger partial charge in [-0.3, -0.25) is 0 Å². The third-order valence-electron chi connectivity index (χ3n) is 2.47. The van der Waals surface area contributed by atoms with Gasteiger partial charge in [0.25, 0.3) is 0 Å². The molecule has 18 heavy (non-hydrogen) atoms. The molecule has 0 fully saturated rings. The second kappa shape index (κ2) is 5.78. The Morgan fingerprint density at radius 2 is 2.00 bits per heavy atom. The van der Waals surface area contributed by atoms with Crippen molar-refractivity contribution in [2.45, 2.75) is 6.92 Å². The average molecular weight is 307 g/mol. The van der Waals surface area contributed by atoms with Crippen LogP contribution >= 0.6 is 15.9 Å². The van der Waals surface area contributed by atoms with Crippen LogP contribution < -0.4 is 15.8 Å². The molecule has 0 aromatic heterocycles. The van der Waals surface area contributed by atoms with Gasteiger partial charge in [0.2, 0.25) is 0 Å². The Hall–Kier alpha value is -1.68. The van der Waals surface area contributed by atoms with Gasteiger partial charge in [-0.1, -0.05) is 28.1 Å². The Balaban J connectivity index is 2.26. The smallest absolute Gasteiger partial charge is 0.144 e. The number of benzene rings is 2. The molecular weight excluding hydrogens is 292 g/mol. The SMILES string of the molecule is CCOc1cccc(Nc2cccc(Br)c2)c1N. The number of nitrogen functional groups attached to an aromatic ring is 1. The lowest BCUT2D eigenvalue weighted by Gasteiger charge is -2.13. The molecule has 0 radical (unpaired) electrons. The van der Waals surface area contributed by atoms with Crippen LogP contribution in [0.1, 0.15) is 6.92 Å². The first-order chi connectivity index (χ1) is 8.70. The van der Waals surface area contributed by atoms with Crippen LogP contribution in [0, 0.1) is 0 Å². The van der Waals surface area contributed by atoms with Crippen molar-refractivity contribution >= 4 is 33.0 Å². The zero-order valence-corrected chi connectivity index (χ0v) is 11.7. The molecule has 0 aliphatic rings. The van der Waals surface area contributed by atoms with Gasteiger partial charge in [-0.25, -0.2) is 0 Å².